The van der Waals surface area contributed by atoms with Crippen molar-refractivity contribution in [2.75, 3.05) is 13.7 Å². The molecule has 28 heavy (non-hydrogen) atoms. The number of nitrogens with one attached hydrogen (secondary N) is 1. The van der Waals surface area contributed by atoms with Gasteiger partial charge in [-0.1, -0.05) is 19.9 Å². The predicted octanol–water partition coefficient (Wildman–Crippen LogP) is 3.20. The predicted molar refractivity (Wildman–Crippen MR) is 107 cm³/mol. The lowest BCUT2D eigenvalue weighted by Crippen LogP contribution is -2.61. The third-order valence-corrected chi connectivity index (χ3v) is 8.73. The quantitative estimate of drug-likeness (QED) is 0.647. The molecule has 4 aliphatic carbocycles. The number of methoxy groups -OCH3 is 1. The summed E-state index contributed by atoms with van der Waals surface area (Å²) in [7, 11) is 1.72. The molecular weight excluding hydrogens is 354 g/mol. The highest BCUT2D eigenvalue weighted by Crippen LogP contribution is 2.67. The first-order chi connectivity index (χ1) is 13.3. The number of hydrogen-bond acceptors (Lipinski definition) is 4. The lowest BCUT2D eigenvalue weighted by atomic mass is 9.46. The minimum atomic E-state index is -0.718. The fourth-order valence-electron chi connectivity index (χ4n) is 7.00. The van der Waals surface area contributed by atoms with E-state index >= 15 is 0 Å². The molecule has 2 fully saturated rings. The van der Waals surface area contributed by atoms with E-state index in [2.05, 4.69) is 31.3 Å². The molecule has 4 rings (SSSR count). The average molecular weight is 388 g/mol. The van der Waals surface area contributed by atoms with E-state index in [0.29, 0.717) is 18.0 Å². The Morgan fingerprint density at radius 2 is 2.07 bits per heavy atom. The van der Waals surface area contributed by atoms with Gasteiger partial charge in [-0.2, -0.15) is 0 Å². The molecule has 3 N–H and O–H groups in total. The molecule has 4 aliphatic rings. The van der Waals surface area contributed by atoms with Crippen LogP contribution in [0.15, 0.2) is 34.8 Å². The Labute approximate surface area is 167 Å². The van der Waals surface area contributed by atoms with Crippen LogP contribution in [-0.4, -0.2) is 35.9 Å². The summed E-state index contributed by atoms with van der Waals surface area (Å²) in [5, 5.41) is 24.6. The summed E-state index contributed by atoms with van der Waals surface area (Å²) in [6.45, 7) is 4.36. The molecule has 0 aromatic heterocycles. The van der Waals surface area contributed by atoms with Crippen molar-refractivity contribution in [2.45, 2.75) is 64.4 Å². The third kappa shape index (κ3) is 2.48. The molecule has 5 heteroatoms. The Morgan fingerprint density at radius 1 is 1.29 bits per heavy atom. The molecule has 2 saturated carbocycles. The van der Waals surface area contributed by atoms with Gasteiger partial charge in [0.1, 0.15) is 0 Å². The van der Waals surface area contributed by atoms with Gasteiger partial charge in [0.2, 0.25) is 6.41 Å². The molecule has 0 bridgehead atoms. The van der Waals surface area contributed by atoms with Gasteiger partial charge >= 0.3 is 0 Å². The molecule has 0 spiro atoms. The largest absolute Gasteiger partial charge is 0.501 e. The second kappa shape index (κ2) is 6.74. The van der Waals surface area contributed by atoms with Crippen LogP contribution in [0.3, 0.4) is 0 Å². The summed E-state index contributed by atoms with van der Waals surface area (Å²) in [5.74, 6) is 1.56. The lowest BCUT2D eigenvalue weighted by molar-refractivity contribution is -0.172. The van der Waals surface area contributed by atoms with Crippen molar-refractivity contribution < 1.29 is 19.7 Å². The maximum atomic E-state index is 12.1. The highest BCUT2D eigenvalue weighted by molar-refractivity contribution is 5.52. The number of amides is 1. The summed E-state index contributed by atoms with van der Waals surface area (Å²) in [6.07, 6.45) is 11.3. The van der Waals surface area contributed by atoms with E-state index < -0.39 is 5.60 Å². The highest BCUT2D eigenvalue weighted by Gasteiger charge is 2.64. The molecule has 1 amide bonds. The Hall–Kier alpha value is -1.59. The summed E-state index contributed by atoms with van der Waals surface area (Å²) in [6, 6.07) is 0. The summed E-state index contributed by atoms with van der Waals surface area (Å²) in [4.78, 5) is 11.0. The van der Waals surface area contributed by atoms with Crippen molar-refractivity contribution >= 4 is 6.41 Å². The topological polar surface area (TPSA) is 78.8 Å². The van der Waals surface area contributed by atoms with Gasteiger partial charge in [-0.25, -0.2) is 0 Å². The van der Waals surface area contributed by atoms with Crippen LogP contribution in [-0.2, 0) is 9.53 Å². The first kappa shape index (κ1) is 19.7. The van der Waals surface area contributed by atoms with Gasteiger partial charge in [0.15, 0.2) is 0 Å². The van der Waals surface area contributed by atoms with Crippen molar-refractivity contribution in [1.29, 1.82) is 0 Å². The molecule has 0 saturated heterocycles. The standard InChI is InChI=1S/C23H33NO4/c1-21-10-11-23(27)18(17(21)6-7-19(21)20(13-25)24-14-26)5-4-15-12-16(28-3)8-9-22(15,23)2/h4,12,14,17-18,25,27H,5-11,13H2,1-3H3,(H,24,26)/b20-19-/t17-,18-,21-,22-,23+/m0/s1. The second-order valence-electron chi connectivity index (χ2n) is 9.51. The van der Waals surface area contributed by atoms with Crippen molar-refractivity contribution in [3.63, 3.8) is 0 Å². The number of fused-ring (bicyclic) bond motifs is 5. The van der Waals surface area contributed by atoms with Crippen molar-refractivity contribution in [3.8, 4) is 0 Å². The first-order valence-electron chi connectivity index (χ1n) is 10.5. The highest BCUT2D eigenvalue weighted by atomic mass is 16.5. The first-order valence-corrected chi connectivity index (χ1v) is 10.5. The number of aliphatic hydroxyl groups is 2. The normalized spacial score (nSPS) is 43.8. The number of carbonyl (C=O) groups is 1. The zero-order valence-corrected chi connectivity index (χ0v) is 17.3. The molecule has 154 valence electrons. The summed E-state index contributed by atoms with van der Waals surface area (Å²) >= 11 is 0. The van der Waals surface area contributed by atoms with E-state index in [9.17, 15) is 15.0 Å². The average Bonchev–Trinajstić information content (AvgIpc) is 3.03. The molecule has 0 heterocycles. The Bertz CT molecular complexity index is 769. The number of ether oxygens (including phenoxy) is 1. The Morgan fingerprint density at radius 3 is 2.75 bits per heavy atom. The molecular formula is C23H33NO4. The Balaban J connectivity index is 1.74. The number of carbonyl (C=O) groups excluding carboxylic acids is 1. The molecule has 0 aliphatic heterocycles. The molecule has 5 atom stereocenters. The van der Waals surface area contributed by atoms with Gasteiger partial charge in [-0.05, 0) is 73.0 Å². The Kier molecular flexibility index (Phi) is 4.74. The fraction of sp³-hybridized carbons (Fsp3) is 0.696. The van der Waals surface area contributed by atoms with Crippen molar-refractivity contribution in [2.24, 2.45) is 22.7 Å². The minimum Gasteiger partial charge on any atom is -0.501 e. The summed E-state index contributed by atoms with van der Waals surface area (Å²) in [5.41, 5.74) is 2.03. The van der Waals surface area contributed by atoms with E-state index in [1.54, 1.807) is 7.11 Å². The van der Waals surface area contributed by atoms with Gasteiger partial charge in [0.05, 0.1) is 25.1 Å². The van der Waals surface area contributed by atoms with Gasteiger partial charge < -0.3 is 20.3 Å². The zero-order valence-electron chi connectivity index (χ0n) is 17.3. The molecule has 0 unspecified atom stereocenters. The van der Waals surface area contributed by atoms with Gasteiger partial charge in [0, 0.05) is 17.5 Å². The van der Waals surface area contributed by atoms with Crippen LogP contribution in [0.4, 0.5) is 0 Å². The van der Waals surface area contributed by atoms with Gasteiger partial charge in [0.25, 0.3) is 0 Å². The van der Waals surface area contributed by atoms with Crippen LogP contribution < -0.4 is 5.32 Å². The van der Waals surface area contributed by atoms with E-state index in [0.717, 1.165) is 50.7 Å². The molecule has 5 nitrogen and oxygen atoms in total. The van der Waals surface area contributed by atoms with E-state index in [4.69, 9.17) is 4.74 Å². The van der Waals surface area contributed by atoms with Crippen LogP contribution in [0.5, 0.6) is 0 Å². The summed E-state index contributed by atoms with van der Waals surface area (Å²) < 4.78 is 5.49. The number of hydrogen-bond donors (Lipinski definition) is 3. The van der Waals surface area contributed by atoms with Crippen LogP contribution in [0.25, 0.3) is 0 Å². The molecule has 0 radical (unpaired) electrons. The van der Waals surface area contributed by atoms with Crippen LogP contribution in [0.1, 0.15) is 58.8 Å². The van der Waals surface area contributed by atoms with E-state index in [1.165, 1.54) is 11.1 Å². The second-order valence-corrected chi connectivity index (χ2v) is 9.51. The maximum Gasteiger partial charge on any atom is 0.211 e. The number of allylic oxidation sites excluding steroid dienone is 4. The van der Waals surface area contributed by atoms with E-state index in [1.807, 2.05) is 0 Å². The van der Waals surface area contributed by atoms with Crippen LogP contribution >= 0.6 is 0 Å². The van der Waals surface area contributed by atoms with Crippen LogP contribution in [0, 0.1) is 22.7 Å². The monoisotopic (exact) mass is 387 g/mol. The van der Waals surface area contributed by atoms with E-state index in [-0.39, 0.29) is 23.4 Å². The lowest BCUT2D eigenvalue weighted by Gasteiger charge is -2.61. The zero-order chi connectivity index (χ0) is 20.2. The fourth-order valence-corrected chi connectivity index (χ4v) is 7.00. The van der Waals surface area contributed by atoms with Gasteiger partial charge in [-0.3, -0.25) is 4.79 Å². The van der Waals surface area contributed by atoms with Crippen molar-refractivity contribution in [1.82, 2.24) is 5.32 Å². The van der Waals surface area contributed by atoms with Crippen molar-refractivity contribution in [3.05, 3.63) is 34.8 Å². The minimum absolute atomic E-state index is 0.0745. The third-order valence-electron chi connectivity index (χ3n) is 8.73. The molecule has 0 aromatic rings. The maximum absolute atomic E-state index is 12.1. The smallest absolute Gasteiger partial charge is 0.211 e. The molecule has 0 aromatic carbocycles. The van der Waals surface area contributed by atoms with Gasteiger partial charge in [-0.15, -0.1) is 0 Å². The number of aliphatic hydroxyl groups excluding tert-OH is 1. The SMILES string of the molecule is COC1=CC2=CC[C@H]3[C@@H]4CC/C(=C(\CO)NC=O)[C@@]4(C)CC[C@]3(O)[C@@]2(C)CC1. The van der Waals surface area contributed by atoms with Crippen LogP contribution in [0.2, 0.25) is 0 Å². The number of rotatable bonds is 4.